The molecule has 2 aromatic rings. The van der Waals surface area contributed by atoms with Crippen molar-refractivity contribution in [3.8, 4) is 0 Å². The van der Waals surface area contributed by atoms with Gasteiger partial charge in [0.2, 0.25) is 0 Å². The average molecular weight is 334 g/mol. The highest BCUT2D eigenvalue weighted by Crippen LogP contribution is 2.20. The number of nitrogens with one attached hydrogen (secondary N) is 1. The number of nitrogens with zero attached hydrogens (tertiary/aromatic N) is 1. The molecule has 0 unspecified atom stereocenters. The minimum atomic E-state index is -0.639. The van der Waals surface area contributed by atoms with Crippen LogP contribution in [0.3, 0.4) is 0 Å². The third-order valence-corrected chi connectivity index (χ3v) is 3.61. The van der Waals surface area contributed by atoms with Gasteiger partial charge in [-0.15, -0.1) is 0 Å². The van der Waals surface area contributed by atoms with Crippen LogP contribution in [-0.2, 0) is 0 Å². The van der Waals surface area contributed by atoms with Crippen molar-refractivity contribution >= 4 is 33.6 Å². The van der Waals surface area contributed by atoms with Crippen LogP contribution in [-0.4, -0.2) is 16.8 Å². The number of pyridine rings is 1. The summed E-state index contributed by atoms with van der Waals surface area (Å²) < 4.78 is 0.851. The molecule has 5 nitrogen and oxygen atoms in total. The molecule has 2 rings (SSSR count). The van der Waals surface area contributed by atoms with Crippen molar-refractivity contribution in [2.45, 2.75) is 6.92 Å². The van der Waals surface area contributed by atoms with E-state index in [-0.39, 0.29) is 17.4 Å². The van der Waals surface area contributed by atoms with Crippen LogP contribution in [0.4, 0.5) is 5.82 Å². The molecule has 6 heteroatoms. The first kappa shape index (κ1) is 14.2. The van der Waals surface area contributed by atoms with E-state index in [1.807, 2.05) is 13.0 Å². The summed E-state index contributed by atoms with van der Waals surface area (Å²) in [4.78, 5) is 27.2. The first-order valence-corrected chi connectivity index (χ1v) is 6.61. The monoisotopic (exact) mass is 333 g/mol. The first-order chi connectivity index (χ1) is 9.49. The predicted octanol–water partition coefficient (Wildman–Crippen LogP) is 2.50. The quantitative estimate of drug-likeness (QED) is 0.904. The van der Waals surface area contributed by atoms with Gasteiger partial charge in [0.25, 0.3) is 11.8 Å². The van der Waals surface area contributed by atoms with E-state index in [0.717, 1.165) is 10.0 Å². The summed E-state index contributed by atoms with van der Waals surface area (Å²) in [5, 5.41) is 2.64. The second kappa shape index (κ2) is 5.83. The largest absolute Gasteiger partial charge is 0.364 e. The highest BCUT2D eigenvalue weighted by molar-refractivity contribution is 9.10. The van der Waals surface area contributed by atoms with Gasteiger partial charge in [0.15, 0.2) is 0 Å². The Hall–Kier alpha value is -2.21. The number of carbonyl (C=O) groups is 2. The Morgan fingerprint density at radius 1 is 1.20 bits per heavy atom. The van der Waals surface area contributed by atoms with Gasteiger partial charge in [-0.3, -0.25) is 9.59 Å². The molecule has 0 saturated carbocycles. The Bertz CT molecular complexity index is 686. The van der Waals surface area contributed by atoms with E-state index in [9.17, 15) is 9.59 Å². The number of aromatic nitrogens is 1. The van der Waals surface area contributed by atoms with E-state index in [1.165, 1.54) is 6.07 Å². The standard InChI is InChI=1S/C14H12BrN3O2/c1-8-9(4-2-5-10(8)15)14(20)18-12-7-3-6-11(17-12)13(16)19/h2-7H,1H3,(H2,16,19)(H,17,18,20). The summed E-state index contributed by atoms with van der Waals surface area (Å²) in [6, 6.07) is 10.0. The molecule has 0 aliphatic carbocycles. The van der Waals surface area contributed by atoms with E-state index >= 15 is 0 Å². The van der Waals surface area contributed by atoms with Gasteiger partial charge in [0.1, 0.15) is 11.5 Å². The molecular formula is C14H12BrN3O2. The van der Waals surface area contributed by atoms with Crippen molar-refractivity contribution in [1.29, 1.82) is 0 Å². The highest BCUT2D eigenvalue weighted by atomic mass is 79.9. The number of hydrogen-bond acceptors (Lipinski definition) is 3. The molecule has 0 aliphatic heterocycles. The average Bonchev–Trinajstić information content (AvgIpc) is 2.42. The Morgan fingerprint density at radius 2 is 1.90 bits per heavy atom. The number of carbonyl (C=O) groups excluding carboxylic acids is 2. The number of amides is 2. The van der Waals surface area contributed by atoms with Crippen LogP contribution < -0.4 is 11.1 Å². The van der Waals surface area contributed by atoms with Crippen LogP contribution in [0.2, 0.25) is 0 Å². The van der Waals surface area contributed by atoms with Crippen molar-refractivity contribution in [3.05, 3.63) is 57.7 Å². The van der Waals surface area contributed by atoms with Crippen molar-refractivity contribution in [3.63, 3.8) is 0 Å². The van der Waals surface area contributed by atoms with Crippen LogP contribution in [0.15, 0.2) is 40.9 Å². The van der Waals surface area contributed by atoms with E-state index in [0.29, 0.717) is 5.56 Å². The Balaban J connectivity index is 2.26. The number of halogens is 1. The van der Waals surface area contributed by atoms with Crippen LogP contribution in [0.1, 0.15) is 26.4 Å². The van der Waals surface area contributed by atoms with Gasteiger partial charge in [-0.05, 0) is 36.8 Å². The maximum Gasteiger partial charge on any atom is 0.267 e. The third-order valence-electron chi connectivity index (χ3n) is 2.76. The maximum absolute atomic E-state index is 12.2. The number of hydrogen-bond donors (Lipinski definition) is 2. The molecular weight excluding hydrogens is 322 g/mol. The van der Waals surface area contributed by atoms with Crippen molar-refractivity contribution in [2.24, 2.45) is 5.73 Å². The lowest BCUT2D eigenvalue weighted by Gasteiger charge is -2.08. The predicted molar refractivity (Wildman–Crippen MR) is 79.6 cm³/mol. The SMILES string of the molecule is Cc1c(Br)cccc1C(=O)Nc1cccc(C(N)=O)n1. The first-order valence-electron chi connectivity index (χ1n) is 5.82. The highest BCUT2D eigenvalue weighted by Gasteiger charge is 2.12. The zero-order chi connectivity index (χ0) is 14.7. The van der Waals surface area contributed by atoms with Crippen LogP contribution in [0.5, 0.6) is 0 Å². The summed E-state index contributed by atoms with van der Waals surface area (Å²) >= 11 is 3.37. The summed E-state index contributed by atoms with van der Waals surface area (Å²) in [6.45, 7) is 1.84. The summed E-state index contributed by atoms with van der Waals surface area (Å²) in [5.74, 6) is -0.650. The molecule has 0 saturated heterocycles. The Kier molecular flexibility index (Phi) is 4.14. The van der Waals surface area contributed by atoms with Crippen LogP contribution >= 0.6 is 15.9 Å². The molecule has 0 spiro atoms. The summed E-state index contributed by atoms with van der Waals surface area (Å²) in [7, 11) is 0. The second-order valence-electron chi connectivity index (χ2n) is 4.14. The molecule has 2 amide bonds. The number of anilines is 1. The lowest BCUT2D eigenvalue weighted by atomic mass is 10.1. The molecule has 3 N–H and O–H groups in total. The lowest BCUT2D eigenvalue weighted by molar-refractivity contribution is 0.0991. The van der Waals surface area contributed by atoms with Gasteiger partial charge >= 0.3 is 0 Å². The Morgan fingerprint density at radius 3 is 2.60 bits per heavy atom. The van der Waals surface area contributed by atoms with Gasteiger partial charge in [0.05, 0.1) is 0 Å². The summed E-state index contributed by atoms with van der Waals surface area (Å²) in [6.07, 6.45) is 0. The Labute approximate surface area is 124 Å². The van der Waals surface area contributed by atoms with Crippen molar-refractivity contribution in [2.75, 3.05) is 5.32 Å². The third kappa shape index (κ3) is 3.03. The fraction of sp³-hybridized carbons (Fsp3) is 0.0714. The van der Waals surface area contributed by atoms with Gasteiger partial charge in [-0.1, -0.05) is 28.1 Å². The van der Waals surface area contributed by atoms with Crippen molar-refractivity contribution in [1.82, 2.24) is 4.98 Å². The number of benzene rings is 1. The van der Waals surface area contributed by atoms with Gasteiger partial charge in [-0.25, -0.2) is 4.98 Å². The minimum Gasteiger partial charge on any atom is -0.364 e. The zero-order valence-corrected chi connectivity index (χ0v) is 12.3. The van der Waals surface area contributed by atoms with E-state index in [4.69, 9.17) is 5.73 Å². The fourth-order valence-electron chi connectivity index (χ4n) is 1.68. The van der Waals surface area contributed by atoms with Crippen LogP contribution in [0.25, 0.3) is 0 Å². The second-order valence-corrected chi connectivity index (χ2v) is 4.99. The molecule has 1 aromatic carbocycles. The fourth-order valence-corrected chi connectivity index (χ4v) is 2.04. The molecule has 0 bridgehead atoms. The minimum absolute atomic E-state index is 0.105. The molecule has 102 valence electrons. The van der Waals surface area contributed by atoms with Gasteiger partial charge in [-0.2, -0.15) is 0 Å². The molecule has 0 aliphatic rings. The normalized spacial score (nSPS) is 10.1. The number of primary amides is 1. The molecule has 1 aromatic heterocycles. The molecule has 20 heavy (non-hydrogen) atoms. The molecule has 0 radical (unpaired) electrons. The van der Waals surface area contributed by atoms with E-state index < -0.39 is 5.91 Å². The van der Waals surface area contributed by atoms with Crippen molar-refractivity contribution < 1.29 is 9.59 Å². The van der Waals surface area contributed by atoms with E-state index in [1.54, 1.807) is 24.3 Å². The molecule has 1 heterocycles. The van der Waals surface area contributed by atoms with E-state index in [2.05, 4.69) is 26.2 Å². The summed E-state index contributed by atoms with van der Waals surface area (Å²) in [5.41, 5.74) is 6.62. The lowest BCUT2D eigenvalue weighted by Crippen LogP contribution is -2.17. The van der Waals surface area contributed by atoms with Gasteiger partial charge < -0.3 is 11.1 Å². The molecule has 0 atom stereocenters. The van der Waals surface area contributed by atoms with Gasteiger partial charge in [0, 0.05) is 10.0 Å². The number of nitrogens with two attached hydrogens (primary N) is 1. The van der Waals surface area contributed by atoms with Crippen LogP contribution in [0, 0.1) is 6.92 Å². The number of rotatable bonds is 3. The zero-order valence-electron chi connectivity index (χ0n) is 10.7. The maximum atomic E-state index is 12.2. The smallest absolute Gasteiger partial charge is 0.267 e. The topological polar surface area (TPSA) is 85.1 Å². The molecule has 0 fully saturated rings.